The van der Waals surface area contributed by atoms with E-state index in [1.54, 1.807) is 7.05 Å². The van der Waals surface area contributed by atoms with Gasteiger partial charge < -0.3 is 10.0 Å². The lowest BCUT2D eigenvalue weighted by Gasteiger charge is -2.14. The van der Waals surface area contributed by atoms with Crippen LogP contribution in [0.25, 0.3) is 0 Å². The van der Waals surface area contributed by atoms with Gasteiger partial charge in [0, 0.05) is 7.05 Å². The van der Waals surface area contributed by atoms with Crippen molar-refractivity contribution in [1.29, 1.82) is 0 Å². The van der Waals surface area contributed by atoms with Crippen LogP contribution in [0.5, 0.6) is 0 Å². The van der Waals surface area contributed by atoms with Gasteiger partial charge in [-0.15, -0.1) is 0 Å². The van der Waals surface area contributed by atoms with Crippen LogP contribution in [0, 0.1) is 5.82 Å². The molecule has 0 fully saturated rings. The molecule has 1 rings (SSSR count). The van der Waals surface area contributed by atoms with Gasteiger partial charge in [-0.3, -0.25) is 4.79 Å². The number of carbonyl (C=O) groups is 1. The highest BCUT2D eigenvalue weighted by atomic mass is 19.1. The SMILES string of the molecule is CN(CC(=O)O)c1ccc(F)cn1. The first-order chi connectivity index (χ1) is 6.09. The molecule has 13 heavy (non-hydrogen) atoms. The van der Waals surface area contributed by atoms with E-state index in [9.17, 15) is 9.18 Å². The zero-order chi connectivity index (χ0) is 9.84. The molecule has 1 aromatic rings. The molecular formula is C8H9FN2O2. The molecule has 0 saturated carbocycles. The Morgan fingerprint density at radius 3 is 2.85 bits per heavy atom. The van der Waals surface area contributed by atoms with E-state index < -0.39 is 11.8 Å². The topological polar surface area (TPSA) is 53.4 Å². The second-order valence-electron chi connectivity index (χ2n) is 2.58. The Labute approximate surface area is 74.6 Å². The van der Waals surface area contributed by atoms with Crippen molar-refractivity contribution in [1.82, 2.24) is 4.98 Å². The number of likely N-dealkylation sites (N-methyl/N-ethyl adjacent to an activating group) is 1. The molecule has 5 heteroatoms. The summed E-state index contributed by atoms with van der Waals surface area (Å²) in [5, 5.41) is 8.46. The Bertz CT molecular complexity index is 300. The van der Waals surface area contributed by atoms with E-state index in [1.165, 1.54) is 17.0 Å². The number of anilines is 1. The highest BCUT2D eigenvalue weighted by Gasteiger charge is 2.05. The molecule has 0 aliphatic rings. The van der Waals surface area contributed by atoms with Crippen LogP contribution < -0.4 is 4.90 Å². The van der Waals surface area contributed by atoms with Crippen LogP contribution in [0.3, 0.4) is 0 Å². The monoisotopic (exact) mass is 184 g/mol. The van der Waals surface area contributed by atoms with E-state index in [1.807, 2.05) is 0 Å². The molecule has 1 N–H and O–H groups in total. The fraction of sp³-hybridized carbons (Fsp3) is 0.250. The van der Waals surface area contributed by atoms with Crippen LogP contribution in [-0.4, -0.2) is 29.7 Å². The number of hydrogen-bond acceptors (Lipinski definition) is 3. The molecule has 4 nitrogen and oxygen atoms in total. The summed E-state index contributed by atoms with van der Waals surface area (Å²) in [6.07, 6.45) is 1.05. The number of nitrogens with zero attached hydrogens (tertiary/aromatic N) is 2. The van der Waals surface area contributed by atoms with Crippen LogP contribution in [0.2, 0.25) is 0 Å². The molecule has 1 aromatic heterocycles. The Morgan fingerprint density at radius 1 is 1.69 bits per heavy atom. The fourth-order valence-electron chi connectivity index (χ4n) is 0.878. The summed E-state index contributed by atoms with van der Waals surface area (Å²) in [5.74, 6) is -0.954. The molecule has 0 aliphatic heterocycles. The Hall–Kier alpha value is -1.65. The highest BCUT2D eigenvalue weighted by Crippen LogP contribution is 2.07. The third kappa shape index (κ3) is 2.70. The molecular weight excluding hydrogens is 175 g/mol. The second kappa shape index (κ2) is 3.84. The van der Waals surface area contributed by atoms with Gasteiger partial charge in [0.1, 0.15) is 18.2 Å². The van der Waals surface area contributed by atoms with E-state index >= 15 is 0 Å². The standard InChI is InChI=1S/C8H9FN2O2/c1-11(5-8(12)13)7-3-2-6(9)4-10-7/h2-4H,5H2,1H3,(H,12,13). The molecule has 0 spiro atoms. The lowest BCUT2D eigenvalue weighted by Crippen LogP contribution is -2.25. The Balaban J connectivity index is 2.71. The quantitative estimate of drug-likeness (QED) is 0.752. The minimum Gasteiger partial charge on any atom is -0.480 e. The van der Waals surface area contributed by atoms with Gasteiger partial charge in [-0.05, 0) is 12.1 Å². The Kier molecular flexibility index (Phi) is 2.79. The molecule has 0 aliphatic carbocycles. The summed E-state index contributed by atoms with van der Waals surface area (Å²) in [7, 11) is 1.58. The summed E-state index contributed by atoms with van der Waals surface area (Å²) in [6, 6.07) is 2.67. The van der Waals surface area contributed by atoms with Crippen molar-refractivity contribution >= 4 is 11.8 Å². The van der Waals surface area contributed by atoms with Crippen molar-refractivity contribution < 1.29 is 14.3 Å². The molecule has 0 radical (unpaired) electrons. The summed E-state index contributed by atoms with van der Waals surface area (Å²) >= 11 is 0. The third-order valence-corrected chi connectivity index (χ3v) is 1.48. The third-order valence-electron chi connectivity index (χ3n) is 1.48. The first-order valence-corrected chi connectivity index (χ1v) is 3.64. The second-order valence-corrected chi connectivity index (χ2v) is 2.58. The van der Waals surface area contributed by atoms with Crippen molar-refractivity contribution in [2.24, 2.45) is 0 Å². The lowest BCUT2D eigenvalue weighted by molar-refractivity contribution is -0.135. The number of aromatic nitrogens is 1. The van der Waals surface area contributed by atoms with E-state index in [-0.39, 0.29) is 6.54 Å². The number of rotatable bonds is 3. The predicted molar refractivity (Wildman–Crippen MR) is 45.1 cm³/mol. The largest absolute Gasteiger partial charge is 0.480 e. The molecule has 0 amide bonds. The van der Waals surface area contributed by atoms with Crippen molar-refractivity contribution in [2.75, 3.05) is 18.5 Å². The van der Waals surface area contributed by atoms with Crippen LogP contribution in [0.1, 0.15) is 0 Å². The average molecular weight is 184 g/mol. The minimum atomic E-state index is -0.950. The zero-order valence-electron chi connectivity index (χ0n) is 7.07. The van der Waals surface area contributed by atoms with Gasteiger partial charge in [-0.1, -0.05) is 0 Å². The van der Waals surface area contributed by atoms with Crippen LogP contribution in [-0.2, 0) is 4.79 Å². The molecule has 0 unspecified atom stereocenters. The fourth-order valence-corrected chi connectivity index (χ4v) is 0.878. The normalized spacial score (nSPS) is 9.69. The molecule has 0 bridgehead atoms. The smallest absolute Gasteiger partial charge is 0.323 e. The molecule has 0 saturated heterocycles. The van der Waals surface area contributed by atoms with Crippen molar-refractivity contribution in [3.05, 3.63) is 24.1 Å². The molecule has 1 heterocycles. The minimum absolute atomic E-state index is 0.154. The van der Waals surface area contributed by atoms with E-state index in [2.05, 4.69) is 4.98 Å². The van der Waals surface area contributed by atoms with Gasteiger partial charge >= 0.3 is 5.97 Å². The first kappa shape index (κ1) is 9.44. The number of carboxylic acids is 1. The van der Waals surface area contributed by atoms with E-state index in [4.69, 9.17) is 5.11 Å². The van der Waals surface area contributed by atoms with Gasteiger partial charge in [-0.2, -0.15) is 0 Å². The lowest BCUT2D eigenvalue weighted by atomic mass is 10.4. The van der Waals surface area contributed by atoms with Crippen LogP contribution in [0.15, 0.2) is 18.3 Å². The van der Waals surface area contributed by atoms with E-state index in [0.717, 1.165) is 6.20 Å². The molecule has 0 atom stereocenters. The Morgan fingerprint density at radius 2 is 2.38 bits per heavy atom. The summed E-state index contributed by atoms with van der Waals surface area (Å²) < 4.78 is 12.4. The number of pyridine rings is 1. The van der Waals surface area contributed by atoms with Gasteiger partial charge in [-0.25, -0.2) is 9.37 Å². The number of carboxylic acid groups (broad SMARTS) is 1. The van der Waals surface area contributed by atoms with Crippen molar-refractivity contribution in [3.8, 4) is 0 Å². The summed E-state index contributed by atoms with van der Waals surface area (Å²) in [4.78, 5) is 15.4. The van der Waals surface area contributed by atoms with Crippen LogP contribution in [0.4, 0.5) is 10.2 Å². The highest BCUT2D eigenvalue weighted by molar-refractivity contribution is 5.72. The van der Waals surface area contributed by atoms with Crippen LogP contribution >= 0.6 is 0 Å². The maximum Gasteiger partial charge on any atom is 0.323 e. The van der Waals surface area contributed by atoms with Gasteiger partial charge in [0.2, 0.25) is 0 Å². The maximum atomic E-state index is 12.4. The molecule has 70 valence electrons. The van der Waals surface area contributed by atoms with E-state index in [0.29, 0.717) is 5.82 Å². The summed E-state index contributed by atoms with van der Waals surface area (Å²) in [6.45, 7) is -0.154. The predicted octanol–water partition coefficient (Wildman–Crippen LogP) is 0.742. The zero-order valence-corrected chi connectivity index (χ0v) is 7.07. The van der Waals surface area contributed by atoms with Gasteiger partial charge in [0.25, 0.3) is 0 Å². The summed E-state index contributed by atoms with van der Waals surface area (Å²) in [5.41, 5.74) is 0. The average Bonchev–Trinajstić information content (AvgIpc) is 2.04. The first-order valence-electron chi connectivity index (χ1n) is 3.64. The van der Waals surface area contributed by atoms with Gasteiger partial charge in [0.05, 0.1) is 6.20 Å². The molecule has 0 aromatic carbocycles. The van der Waals surface area contributed by atoms with Gasteiger partial charge in [0.15, 0.2) is 0 Å². The van der Waals surface area contributed by atoms with Crippen molar-refractivity contribution in [3.63, 3.8) is 0 Å². The number of aliphatic carboxylic acids is 1. The maximum absolute atomic E-state index is 12.4. The van der Waals surface area contributed by atoms with Crippen molar-refractivity contribution in [2.45, 2.75) is 0 Å². The number of hydrogen-bond donors (Lipinski definition) is 1. The number of halogens is 1.